The standard InChI is InChI=1S/C22H21N3O3/c1-15-3-2-4-16(7-15)10-24-19-9-18(12-23-13-19)22(26)25-11-17-5-6-20-21(8-17)28-14-27-20/h2-9,12-13,24H,10-11,14H2,1H3,(H,25,26). The molecule has 1 aliphatic heterocycles. The number of hydrogen-bond donors (Lipinski definition) is 2. The first-order valence-corrected chi connectivity index (χ1v) is 9.08. The third-order valence-electron chi connectivity index (χ3n) is 4.47. The number of benzene rings is 2. The zero-order chi connectivity index (χ0) is 19.3. The van der Waals surface area contributed by atoms with Gasteiger partial charge < -0.3 is 20.1 Å². The lowest BCUT2D eigenvalue weighted by Gasteiger charge is -2.09. The summed E-state index contributed by atoms with van der Waals surface area (Å²) in [4.78, 5) is 16.7. The Bertz CT molecular complexity index is 1000. The van der Waals surface area contributed by atoms with E-state index in [9.17, 15) is 4.79 Å². The summed E-state index contributed by atoms with van der Waals surface area (Å²) in [5.74, 6) is 1.26. The van der Waals surface area contributed by atoms with Crippen molar-refractivity contribution in [1.29, 1.82) is 0 Å². The molecule has 1 amide bonds. The third kappa shape index (κ3) is 4.23. The number of ether oxygens (including phenoxy) is 2. The second kappa shape index (κ2) is 8.00. The largest absolute Gasteiger partial charge is 0.454 e. The second-order valence-corrected chi connectivity index (χ2v) is 6.68. The minimum absolute atomic E-state index is 0.177. The maximum absolute atomic E-state index is 12.5. The van der Waals surface area contributed by atoms with Crippen molar-refractivity contribution in [3.63, 3.8) is 0 Å². The molecule has 28 heavy (non-hydrogen) atoms. The number of carbonyl (C=O) groups is 1. The lowest BCUT2D eigenvalue weighted by atomic mass is 10.1. The summed E-state index contributed by atoms with van der Waals surface area (Å²) in [7, 11) is 0. The summed E-state index contributed by atoms with van der Waals surface area (Å²) < 4.78 is 10.7. The van der Waals surface area contributed by atoms with E-state index in [1.165, 1.54) is 11.1 Å². The Kier molecular flexibility index (Phi) is 5.10. The number of amides is 1. The van der Waals surface area contributed by atoms with Gasteiger partial charge in [0.1, 0.15) is 0 Å². The average Bonchev–Trinajstić information content (AvgIpc) is 3.19. The molecule has 0 atom stereocenters. The Hall–Kier alpha value is -3.54. The van der Waals surface area contributed by atoms with E-state index in [-0.39, 0.29) is 12.7 Å². The predicted molar refractivity (Wildman–Crippen MR) is 106 cm³/mol. The van der Waals surface area contributed by atoms with Crippen LogP contribution in [0.15, 0.2) is 60.9 Å². The van der Waals surface area contributed by atoms with Crippen LogP contribution in [0.5, 0.6) is 11.5 Å². The molecular formula is C22H21N3O3. The third-order valence-corrected chi connectivity index (χ3v) is 4.47. The lowest BCUT2D eigenvalue weighted by molar-refractivity contribution is 0.0950. The molecule has 0 aliphatic carbocycles. The van der Waals surface area contributed by atoms with Crippen LogP contribution in [0, 0.1) is 6.92 Å². The normalized spacial score (nSPS) is 11.9. The molecule has 1 aliphatic rings. The Morgan fingerprint density at radius 1 is 1.00 bits per heavy atom. The molecule has 0 saturated heterocycles. The monoisotopic (exact) mass is 375 g/mol. The van der Waals surface area contributed by atoms with Gasteiger partial charge in [-0.05, 0) is 36.2 Å². The molecule has 6 nitrogen and oxygen atoms in total. The number of carbonyl (C=O) groups excluding carboxylic acids is 1. The highest BCUT2D eigenvalue weighted by Gasteiger charge is 2.14. The molecule has 142 valence electrons. The number of nitrogens with zero attached hydrogens (tertiary/aromatic N) is 1. The highest BCUT2D eigenvalue weighted by Crippen LogP contribution is 2.32. The van der Waals surface area contributed by atoms with Gasteiger partial charge in [-0.1, -0.05) is 35.9 Å². The van der Waals surface area contributed by atoms with Crippen molar-refractivity contribution >= 4 is 11.6 Å². The van der Waals surface area contributed by atoms with Gasteiger partial charge in [0.05, 0.1) is 11.3 Å². The predicted octanol–water partition coefficient (Wildman–Crippen LogP) is 3.66. The van der Waals surface area contributed by atoms with E-state index in [0.29, 0.717) is 24.4 Å². The molecule has 3 aromatic rings. The van der Waals surface area contributed by atoms with Gasteiger partial charge >= 0.3 is 0 Å². The summed E-state index contributed by atoms with van der Waals surface area (Å²) in [6.07, 6.45) is 3.28. The van der Waals surface area contributed by atoms with Gasteiger partial charge in [0.25, 0.3) is 5.91 Å². The maximum atomic E-state index is 12.5. The first-order valence-electron chi connectivity index (χ1n) is 9.08. The lowest BCUT2D eigenvalue weighted by Crippen LogP contribution is -2.23. The molecule has 2 N–H and O–H groups in total. The van der Waals surface area contributed by atoms with Crippen molar-refractivity contribution in [2.75, 3.05) is 12.1 Å². The fraction of sp³-hybridized carbons (Fsp3) is 0.182. The quantitative estimate of drug-likeness (QED) is 0.688. The molecule has 6 heteroatoms. The van der Waals surface area contributed by atoms with Crippen LogP contribution in [0.2, 0.25) is 0 Å². The van der Waals surface area contributed by atoms with Crippen molar-refractivity contribution in [1.82, 2.24) is 10.3 Å². The molecule has 0 spiro atoms. The minimum Gasteiger partial charge on any atom is -0.454 e. The molecular weight excluding hydrogens is 354 g/mol. The number of pyridine rings is 1. The van der Waals surface area contributed by atoms with Crippen LogP contribution in [-0.2, 0) is 13.1 Å². The summed E-state index contributed by atoms with van der Waals surface area (Å²) in [5.41, 5.74) is 4.65. The van der Waals surface area contributed by atoms with Gasteiger partial charge in [-0.25, -0.2) is 0 Å². The van der Waals surface area contributed by atoms with E-state index < -0.39 is 0 Å². The summed E-state index contributed by atoms with van der Waals surface area (Å²) in [6.45, 7) is 3.37. The first-order chi connectivity index (χ1) is 13.7. The molecule has 2 aromatic carbocycles. The van der Waals surface area contributed by atoms with Crippen LogP contribution in [0.25, 0.3) is 0 Å². The van der Waals surface area contributed by atoms with Gasteiger partial charge in [-0.15, -0.1) is 0 Å². The van der Waals surface area contributed by atoms with E-state index in [0.717, 1.165) is 17.0 Å². The summed E-state index contributed by atoms with van der Waals surface area (Å²) in [6, 6.07) is 15.7. The molecule has 0 fully saturated rings. The summed E-state index contributed by atoms with van der Waals surface area (Å²) >= 11 is 0. The fourth-order valence-corrected chi connectivity index (χ4v) is 3.02. The van der Waals surface area contributed by atoms with Crippen molar-refractivity contribution in [2.24, 2.45) is 0 Å². The highest BCUT2D eigenvalue weighted by atomic mass is 16.7. The van der Waals surface area contributed by atoms with Crippen LogP contribution < -0.4 is 20.1 Å². The molecule has 0 bridgehead atoms. The van der Waals surface area contributed by atoms with Gasteiger partial charge in [-0.3, -0.25) is 9.78 Å². The number of aryl methyl sites for hydroxylation is 1. The van der Waals surface area contributed by atoms with Crippen LogP contribution in [-0.4, -0.2) is 17.7 Å². The molecule has 1 aromatic heterocycles. The number of aromatic nitrogens is 1. The molecule has 4 rings (SSSR count). The van der Waals surface area contributed by atoms with Crippen LogP contribution in [0.1, 0.15) is 27.0 Å². The van der Waals surface area contributed by atoms with Gasteiger partial charge in [0.15, 0.2) is 11.5 Å². The molecule has 0 radical (unpaired) electrons. The van der Waals surface area contributed by atoms with Crippen LogP contribution >= 0.6 is 0 Å². The Morgan fingerprint density at radius 3 is 2.75 bits per heavy atom. The average molecular weight is 375 g/mol. The van der Waals surface area contributed by atoms with E-state index >= 15 is 0 Å². The van der Waals surface area contributed by atoms with E-state index in [1.807, 2.05) is 24.3 Å². The van der Waals surface area contributed by atoms with E-state index in [4.69, 9.17) is 9.47 Å². The minimum atomic E-state index is -0.177. The smallest absolute Gasteiger partial charge is 0.253 e. The SMILES string of the molecule is Cc1cccc(CNc2cncc(C(=O)NCc3ccc4c(c3)OCO4)c2)c1. The van der Waals surface area contributed by atoms with Crippen LogP contribution in [0.4, 0.5) is 5.69 Å². The summed E-state index contributed by atoms with van der Waals surface area (Å²) in [5, 5.41) is 6.22. The van der Waals surface area contributed by atoms with Crippen molar-refractivity contribution in [3.05, 3.63) is 83.2 Å². The van der Waals surface area contributed by atoms with Crippen LogP contribution in [0.3, 0.4) is 0 Å². The first kappa shape index (κ1) is 17.9. The number of hydrogen-bond acceptors (Lipinski definition) is 5. The Morgan fingerprint density at radius 2 is 1.86 bits per heavy atom. The second-order valence-electron chi connectivity index (χ2n) is 6.68. The zero-order valence-electron chi connectivity index (χ0n) is 15.6. The molecule has 0 unspecified atom stereocenters. The Labute approximate surface area is 163 Å². The maximum Gasteiger partial charge on any atom is 0.253 e. The number of rotatable bonds is 6. The van der Waals surface area contributed by atoms with E-state index in [1.54, 1.807) is 18.5 Å². The fourth-order valence-electron chi connectivity index (χ4n) is 3.02. The number of fused-ring (bicyclic) bond motifs is 1. The van der Waals surface area contributed by atoms with Crippen molar-refractivity contribution in [3.8, 4) is 11.5 Å². The highest BCUT2D eigenvalue weighted by molar-refractivity contribution is 5.94. The molecule has 2 heterocycles. The zero-order valence-corrected chi connectivity index (χ0v) is 15.6. The topological polar surface area (TPSA) is 72.5 Å². The molecule has 0 saturated carbocycles. The van der Waals surface area contributed by atoms with Gasteiger partial charge in [0, 0.05) is 25.5 Å². The van der Waals surface area contributed by atoms with Gasteiger partial charge in [0.2, 0.25) is 6.79 Å². The van der Waals surface area contributed by atoms with Crippen molar-refractivity contribution in [2.45, 2.75) is 20.0 Å². The number of anilines is 1. The van der Waals surface area contributed by atoms with Crippen molar-refractivity contribution < 1.29 is 14.3 Å². The van der Waals surface area contributed by atoms with E-state index in [2.05, 4.69) is 40.7 Å². The van der Waals surface area contributed by atoms with Gasteiger partial charge in [-0.2, -0.15) is 0 Å². The Balaban J connectivity index is 1.36. The number of nitrogens with one attached hydrogen (secondary N) is 2.